The average Bonchev–Trinajstić information content (AvgIpc) is 2.85. The third kappa shape index (κ3) is 4.66. The van der Waals surface area contributed by atoms with E-state index in [2.05, 4.69) is 10.6 Å². The summed E-state index contributed by atoms with van der Waals surface area (Å²) in [6.45, 7) is 1.65. The summed E-state index contributed by atoms with van der Waals surface area (Å²) in [5, 5.41) is 5.39. The number of hydrogen-bond donors (Lipinski definition) is 2. The number of para-hydroxylation sites is 2. The minimum Gasteiger partial charge on any atom is -0.484 e. The molecule has 2 aromatic carbocycles. The fourth-order valence-electron chi connectivity index (χ4n) is 4.80. The van der Waals surface area contributed by atoms with Crippen molar-refractivity contribution in [3.63, 3.8) is 0 Å². The van der Waals surface area contributed by atoms with Gasteiger partial charge in [-0.2, -0.15) is 0 Å². The number of benzene rings is 2. The molecule has 8 heteroatoms. The number of anilines is 2. The van der Waals surface area contributed by atoms with Crippen molar-refractivity contribution in [3.05, 3.63) is 88.8 Å². The molecule has 0 unspecified atom stereocenters. The maximum absolute atomic E-state index is 13.1. The molecule has 3 aromatic rings. The van der Waals surface area contributed by atoms with Crippen LogP contribution in [0.2, 0.25) is 0 Å². The molecule has 174 valence electrons. The molecule has 2 atom stereocenters. The molecular formula is C26H26N4O4. The van der Waals surface area contributed by atoms with Crippen LogP contribution < -0.4 is 20.9 Å². The number of amides is 3. The lowest BCUT2D eigenvalue weighted by Gasteiger charge is -2.42. The molecule has 2 aliphatic heterocycles. The molecule has 3 amide bonds. The first-order valence-corrected chi connectivity index (χ1v) is 11.4. The number of hydrogen-bond acceptors (Lipinski definition) is 4. The predicted octanol–water partition coefficient (Wildman–Crippen LogP) is 3.52. The van der Waals surface area contributed by atoms with E-state index in [0.29, 0.717) is 31.1 Å². The van der Waals surface area contributed by atoms with Crippen LogP contribution in [0.4, 0.5) is 16.2 Å². The Morgan fingerprint density at radius 3 is 2.38 bits per heavy atom. The Morgan fingerprint density at radius 1 is 0.882 bits per heavy atom. The summed E-state index contributed by atoms with van der Waals surface area (Å²) in [7, 11) is 0. The fraction of sp³-hybridized carbons (Fsp3) is 0.269. The van der Waals surface area contributed by atoms with Crippen molar-refractivity contribution >= 4 is 23.3 Å². The number of urea groups is 1. The van der Waals surface area contributed by atoms with Crippen LogP contribution in [0.15, 0.2) is 77.6 Å². The lowest BCUT2D eigenvalue weighted by Crippen LogP contribution is -2.50. The maximum Gasteiger partial charge on any atom is 0.323 e. The molecule has 0 saturated carbocycles. The molecule has 8 nitrogen and oxygen atoms in total. The highest BCUT2D eigenvalue weighted by atomic mass is 16.5. The minimum absolute atomic E-state index is 0.00432. The zero-order valence-electron chi connectivity index (χ0n) is 18.6. The average molecular weight is 459 g/mol. The number of pyridine rings is 1. The van der Waals surface area contributed by atoms with E-state index in [-0.39, 0.29) is 35.6 Å². The summed E-state index contributed by atoms with van der Waals surface area (Å²) in [6, 6.07) is 21.4. The van der Waals surface area contributed by atoms with Crippen LogP contribution in [0.3, 0.4) is 0 Å². The molecule has 2 bridgehead atoms. The standard InChI is InChI=1S/C26H26N4O4/c31-24(17-34-21-9-5-2-6-10-21)29-14-18-13-19(16-29)23-12-11-22(25(32)30(23)15-18)28-26(33)27-20-7-3-1-4-8-20/h1-12,18-19H,13-17H2,(H2,27,28,33)/t18-,19-/m1/s1. The number of carbonyl (C=O) groups is 2. The molecule has 3 heterocycles. The second kappa shape index (κ2) is 9.43. The zero-order valence-corrected chi connectivity index (χ0v) is 18.6. The highest BCUT2D eigenvalue weighted by Crippen LogP contribution is 2.35. The molecule has 1 fully saturated rings. The van der Waals surface area contributed by atoms with Crippen molar-refractivity contribution in [3.8, 4) is 5.75 Å². The van der Waals surface area contributed by atoms with E-state index in [4.69, 9.17) is 4.74 Å². The molecule has 2 N–H and O–H groups in total. The van der Waals surface area contributed by atoms with Gasteiger partial charge in [0.2, 0.25) is 0 Å². The number of aromatic nitrogens is 1. The van der Waals surface area contributed by atoms with Gasteiger partial charge >= 0.3 is 6.03 Å². The molecule has 1 aromatic heterocycles. The number of nitrogens with one attached hydrogen (secondary N) is 2. The molecule has 34 heavy (non-hydrogen) atoms. The van der Waals surface area contributed by atoms with E-state index in [1.165, 1.54) is 0 Å². The van der Waals surface area contributed by atoms with Crippen molar-refractivity contribution < 1.29 is 14.3 Å². The second-order valence-electron chi connectivity index (χ2n) is 8.73. The minimum atomic E-state index is -0.463. The fourth-order valence-corrected chi connectivity index (χ4v) is 4.80. The van der Waals surface area contributed by atoms with Gasteiger partial charge in [0.15, 0.2) is 6.61 Å². The first kappa shape index (κ1) is 21.8. The van der Waals surface area contributed by atoms with Crippen molar-refractivity contribution in [2.45, 2.75) is 18.9 Å². The number of fused-ring (bicyclic) bond motifs is 4. The van der Waals surface area contributed by atoms with Crippen molar-refractivity contribution in [2.24, 2.45) is 5.92 Å². The molecule has 1 saturated heterocycles. The van der Waals surface area contributed by atoms with Crippen molar-refractivity contribution in [1.82, 2.24) is 9.47 Å². The number of ether oxygens (including phenoxy) is 1. The van der Waals surface area contributed by atoms with E-state index in [1.807, 2.05) is 59.5 Å². The predicted molar refractivity (Wildman–Crippen MR) is 129 cm³/mol. The summed E-state index contributed by atoms with van der Waals surface area (Å²) in [6.07, 6.45) is 0.935. The highest BCUT2D eigenvalue weighted by Gasteiger charge is 2.36. The van der Waals surface area contributed by atoms with Crippen LogP contribution in [0.25, 0.3) is 0 Å². The molecule has 0 aliphatic carbocycles. The van der Waals surface area contributed by atoms with E-state index in [1.54, 1.807) is 22.8 Å². The normalized spacial score (nSPS) is 18.5. The quantitative estimate of drug-likeness (QED) is 0.612. The number of likely N-dealkylation sites (tertiary alicyclic amines) is 1. The second-order valence-corrected chi connectivity index (χ2v) is 8.73. The first-order valence-electron chi connectivity index (χ1n) is 11.4. The van der Waals surface area contributed by atoms with Gasteiger partial charge in [-0.05, 0) is 48.7 Å². The summed E-state index contributed by atoms with van der Waals surface area (Å²) in [5.74, 6) is 0.873. The van der Waals surface area contributed by atoms with Gasteiger partial charge < -0.3 is 24.8 Å². The van der Waals surface area contributed by atoms with Gasteiger partial charge in [-0.1, -0.05) is 36.4 Å². The van der Waals surface area contributed by atoms with Crippen LogP contribution in [0, 0.1) is 5.92 Å². The highest BCUT2D eigenvalue weighted by molar-refractivity contribution is 5.99. The van der Waals surface area contributed by atoms with Crippen LogP contribution in [-0.2, 0) is 11.3 Å². The Kier molecular flexibility index (Phi) is 6.03. The molecular weight excluding hydrogens is 432 g/mol. The van der Waals surface area contributed by atoms with Crippen LogP contribution >= 0.6 is 0 Å². The Bertz CT molecular complexity index is 1240. The first-order chi connectivity index (χ1) is 16.6. The topological polar surface area (TPSA) is 92.7 Å². The Morgan fingerprint density at radius 2 is 1.62 bits per heavy atom. The monoisotopic (exact) mass is 458 g/mol. The summed E-state index contributed by atoms with van der Waals surface area (Å²) < 4.78 is 7.38. The van der Waals surface area contributed by atoms with E-state index < -0.39 is 6.03 Å². The SMILES string of the molecule is O=C(Nc1ccccc1)Nc1ccc2n(c1=O)C[C@@H]1C[C@@H]2CN(C(=O)COc2ccccc2)C1. The molecule has 0 radical (unpaired) electrons. The third-order valence-corrected chi connectivity index (χ3v) is 6.34. The summed E-state index contributed by atoms with van der Waals surface area (Å²) >= 11 is 0. The van der Waals surface area contributed by atoms with E-state index >= 15 is 0 Å². The smallest absolute Gasteiger partial charge is 0.323 e. The Hall–Kier alpha value is -4.07. The molecule has 2 aliphatic rings. The summed E-state index contributed by atoms with van der Waals surface area (Å²) in [4.78, 5) is 40.1. The number of carbonyl (C=O) groups excluding carboxylic acids is 2. The van der Waals surface area contributed by atoms with Gasteiger partial charge in [0.05, 0.1) is 0 Å². The van der Waals surface area contributed by atoms with E-state index in [0.717, 1.165) is 12.1 Å². The van der Waals surface area contributed by atoms with Crippen molar-refractivity contribution in [1.29, 1.82) is 0 Å². The zero-order chi connectivity index (χ0) is 23.5. The maximum atomic E-state index is 13.1. The number of nitrogens with zero attached hydrogens (tertiary/aromatic N) is 2. The largest absolute Gasteiger partial charge is 0.484 e. The van der Waals surface area contributed by atoms with Gasteiger partial charge in [-0.15, -0.1) is 0 Å². The number of rotatable bonds is 5. The van der Waals surface area contributed by atoms with Crippen molar-refractivity contribution in [2.75, 3.05) is 30.3 Å². The van der Waals surface area contributed by atoms with Gasteiger partial charge in [0.1, 0.15) is 11.4 Å². The summed E-state index contributed by atoms with van der Waals surface area (Å²) in [5.41, 5.74) is 1.56. The van der Waals surface area contributed by atoms with E-state index in [9.17, 15) is 14.4 Å². The van der Waals surface area contributed by atoms with Crippen LogP contribution in [-0.4, -0.2) is 41.1 Å². The van der Waals surface area contributed by atoms with Gasteiger partial charge in [0.25, 0.3) is 11.5 Å². The Balaban J connectivity index is 1.26. The lowest BCUT2D eigenvalue weighted by atomic mass is 9.83. The van der Waals surface area contributed by atoms with Gasteiger partial charge in [0, 0.05) is 36.9 Å². The number of piperidine rings is 1. The van der Waals surface area contributed by atoms with Crippen LogP contribution in [0.5, 0.6) is 5.75 Å². The van der Waals surface area contributed by atoms with Gasteiger partial charge in [-0.25, -0.2) is 4.79 Å². The van der Waals surface area contributed by atoms with Crippen LogP contribution in [0.1, 0.15) is 18.0 Å². The van der Waals surface area contributed by atoms with Gasteiger partial charge in [-0.3, -0.25) is 9.59 Å². The Labute approximate surface area is 197 Å². The third-order valence-electron chi connectivity index (χ3n) is 6.34. The lowest BCUT2D eigenvalue weighted by molar-refractivity contribution is -0.136. The molecule has 5 rings (SSSR count). The molecule has 0 spiro atoms.